The summed E-state index contributed by atoms with van der Waals surface area (Å²) in [5.74, 6) is -1.57. The van der Waals surface area contributed by atoms with Crippen molar-refractivity contribution in [2.45, 2.75) is 44.0 Å². The highest BCUT2D eigenvalue weighted by Crippen LogP contribution is 2.34. The molecule has 0 saturated carbocycles. The molecular formula is C30H40N6O7S2. The van der Waals surface area contributed by atoms with E-state index in [4.69, 9.17) is 16.0 Å². The van der Waals surface area contributed by atoms with Gasteiger partial charge in [0.15, 0.2) is 0 Å². The molecule has 1 fully saturated rings. The molecule has 2 heterocycles. The monoisotopic (exact) mass is 660 g/mol. The zero-order chi connectivity index (χ0) is 32.9. The van der Waals surface area contributed by atoms with Crippen LogP contribution in [0.1, 0.15) is 38.7 Å². The van der Waals surface area contributed by atoms with Gasteiger partial charge in [0.25, 0.3) is 10.1 Å². The first kappa shape index (κ1) is 34.2. The molecule has 2 aliphatic heterocycles. The predicted molar refractivity (Wildman–Crippen MR) is 173 cm³/mol. The first-order valence-electron chi connectivity index (χ1n) is 14.8. The first-order chi connectivity index (χ1) is 21.2. The molecule has 6 N–H and O–H groups in total. The number of hydrogen-bond acceptors (Lipinski definition) is 9. The van der Waals surface area contributed by atoms with Crippen LogP contribution in [0.4, 0.5) is 5.69 Å². The van der Waals surface area contributed by atoms with Gasteiger partial charge in [0.1, 0.15) is 11.9 Å². The summed E-state index contributed by atoms with van der Waals surface area (Å²) in [6, 6.07) is 10.7. The Bertz CT molecular complexity index is 1710. The second-order valence-electron chi connectivity index (χ2n) is 11.3. The molecule has 15 heteroatoms. The summed E-state index contributed by atoms with van der Waals surface area (Å²) in [4.78, 5) is 31.8. The molecule has 1 saturated heterocycles. The molecule has 2 aliphatic rings. The number of fused-ring (bicyclic) bond motifs is 1. The number of amidine groups is 1. The molecule has 0 aromatic heterocycles. The minimum Gasteiger partial charge on any atom is -0.387 e. The van der Waals surface area contributed by atoms with E-state index in [1.807, 2.05) is 43.0 Å². The first-order valence-corrected chi connectivity index (χ1v) is 17.8. The predicted octanol–water partition coefficient (Wildman–Crippen LogP) is 1.73. The summed E-state index contributed by atoms with van der Waals surface area (Å²) >= 11 is 0. The largest absolute Gasteiger partial charge is 0.387 e. The van der Waals surface area contributed by atoms with Crippen LogP contribution in [0.15, 0.2) is 57.9 Å². The molecule has 0 aliphatic carbocycles. The second-order valence-corrected chi connectivity index (χ2v) is 14.8. The molecule has 1 unspecified atom stereocenters. The minimum absolute atomic E-state index is 0.0528. The fraction of sp³-hybridized carbons (Fsp3) is 0.433. The third-order valence-electron chi connectivity index (χ3n) is 7.57. The van der Waals surface area contributed by atoms with Crippen molar-refractivity contribution in [3.8, 4) is 11.1 Å². The van der Waals surface area contributed by atoms with Crippen LogP contribution in [-0.2, 0) is 29.7 Å². The Hall–Kier alpha value is -3.63. The lowest BCUT2D eigenvalue weighted by atomic mass is 10.0. The average Bonchev–Trinajstić information content (AvgIpc) is 3.12. The molecule has 2 aromatic rings. The molecule has 1 atom stereocenters. The summed E-state index contributed by atoms with van der Waals surface area (Å²) in [6.07, 6.45) is 3.77. The normalized spacial score (nSPS) is 16.4. The van der Waals surface area contributed by atoms with Gasteiger partial charge in [-0.2, -0.15) is 12.7 Å². The molecule has 4 rings (SSSR count). The molecule has 13 nitrogen and oxygen atoms in total. The van der Waals surface area contributed by atoms with E-state index in [2.05, 4.69) is 10.3 Å². The molecule has 244 valence electrons. The highest BCUT2D eigenvalue weighted by molar-refractivity contribution is 7.89. The maximum Gasteiger partial charge on any atom is 0.266 e. The molecule has 45 heavy (non-hydrogen) atoms. The molecule has 0 radical (unpaired) electrons. The number of benzene rings is 2. The van der Waals surface area contributed by atoms with Crippen LogP contribution in [0.2, 0.25) is 0 Å². The van der Waals surface area contributed by atoms with E-state index in [0.717, 1.165) is 24.0 Å². The van der Waals surface area contributed by atoms with Gasteiger partial charge in [-0.25, -0.2) is 13.4 Å². The molecule has 0 bridgehead atoms. The van der Waals surface area contributed by atoms with Crippen molar-refractivity contribution in [3.63, 3.8) is 0 Å². The van der Waals surface area contributed by atoms with Crippen LogP contribution in [0.25, 0.3) is 17.2 Å². The fourth-order valence-electron chi connectivity index (χ4n) is 5.28. The summed E-state index contributed by atoms with van der Waals surface area (Å²) < 4.78 is 58.7. The van der Waals surface area contributed by atoms with Crippen LogP contribution >= 0.6 is 0 Å². The van der Waals surface area contributed by atoms with Crippen molar-refractivity contribution in [2.75, 3.05) is 38.5 Å². The van der Waals surface area contributed by atoms with Crippen LogP contribution in [0, 0.1) is 5.92 Å². The standard InChI is InChI=1S/C30H40N6O7S2/c1-3-10-35(11-4-2)30(38)24-12-23-9-8-22(14-27(23)34-28(32)15-24)21-6-5-7-25(13-21)45(42,43)36-17-20(18-36)16-33-29(37)26(31)19-44(39,40)41/h5-9,12-14,20,26H,3-4,10-11,15-19,31H2,1-2H3,(H2,32,34)(H,33,37)(H,39,40,41). The highest BCUT2D eigenvalue weighted by atomic mass is 32.2. The Balaban J connectivity index is 1.46. The number of rotatable bonds is 13. The van der Waals surface area contributed by atoms with E-state index >= 15 is 0 Å². The van der Waals surface area contributed by atoms with Gasteiger partial charge in [0, 0.05) is 56.2 Å². The van der Waals surface area contributed by atoms with Gasteiger partial charge in [-0.15, -0.1) is 0 Å². The van der Waals surface area contributed by atoms with Crippen LogP contribution in [0.3, 0.4) is 0 Å². The Labute approximate surface area is 264 Å². The number of nitrogens with zero attached hydrogens (tertiary/aromatic N) is 3. The number of nitrogens with two attached hydrogens (primary N) is 2. The van der Waals surface area contributed by atoms with Crippen LogP contribution < -0.4 is 16.8 Å². The third-order valence-corrected chi connectivity index (χ3v) is 10.2. The Morgan fingerprint density at radius 2 is 1.73 bits per heavy atom. The van der Waals surface area contributed by atoms with E-state index in [0.29, 0.717) is 35.7 Å². The molecule has 0 spiro atoms. The number of sulfonamides is 1. The molecule has 2 aromatic carbocycles. The lowest BCUT2D eigenvalue weighted by molar-refractivity contribution is -0.127. The van der Waals surface area contributed by atoms with Gasteiger partial charge in [0.05, 0.1) is 16.3 Å². The number of nitrogens with one attached hydrogen (secondary N) is 1. The third kappa shape index (κ3) is 8.55. The number of carbonyl (C=O) groups is 2. The van der Waals surface area contributed by atoms with Gasteiger partial charge < -0.3 is 21.7 Å². The number of carbonyl (C=O) groups excluding carboxylic acids is 2. The van der Waals surface area contributed by atoms with Crippen molar-refractivity contribution < 1.29 is 31.0 Å². The van der Waals surface area contributed by atoms with E-state index < -0.39 is 37.8 Å². The van der Waals surface area contributed by atoms with Crippen molar-refractivity contribution >= 4 is 49.6 Å². The number of amides is 2. The quantitative estimate of drug-likeness (QED) is 0.231. The highest BCUT2D eigenvalue weighted by Gasteiger charge is 2.37. The van der Waals surface area contributed by atoms with Crippen molar-refractivity contribution in [2.24, 2.45) is 22.4 Å². The maximum absolute atomic E-state index is 13.4. The molecular weight excluding hydrogens is 620 g/mol. The smallest absolute Gasteiger partial charge is 0.266 e. The lowest BCUT2D eigenvalue weighted by Gasteiger charge is -2.38. The summed E-state index contributed by atoms with van der Waals surface area (Å²) in [7, 11) is -8.23. The van der Waals surface area contributed by atoms with Gasteiger partial charge in [-0.1, -0.05) is 38.1 Å². The SMILES string of the molecule is CCCN(CCC)C(=O)C1=Cc2ccc(-c3cccc(S(=O)(=O)N4CC(CNC(=O)C(N)CS(=O)(=O)O)C4)c3)cc2N=C(N)C1. The van der Waals surface area contributed by atoms with Gasteiger partial charge in [0.2, 0.25) is 21.8 Å². The topological polar surface area (TPSA) is 206 Å². The maximum atomic E-state index is 13.4. The Kier molecular flexibility index (Phi) is 10.8. The number of aliphatic imine (C=N–C) groups is 1. The van der Waals surface area contributed by atoms with Gasteiger partial charge in [-0.3, -0.25) is 14.1 Å². The Morgan fingerprint density at radius 1 is 1.07 bits per heavy atom. The van der Waals surface area contributed by atoms with Crippen molar-refractivity contribution in [1.82, 2.24) is 14.5 Å². The zero-order valence-corrected chi connectivity index (χ0v) is 27.0. The summed E-state index contributed by atoms with van der Waals surface area (Å²) in [5.41, 5.74) is 15.0. The fourth-order valence-corrected chi connectivity index (χ4v) is 7.52. The van der Waals surface area contributed by atoms with Gasteiger partial charge >= 0.3 is 0 Å². The number of hydrogen-bond donors (Lipinski definition) is 4. The minimum atomic E-state index is -4.40. The van der Waals surface area contributed by atoms with Crippen molar-refractivity contribution in [1.29, 1.82) is 0 Å². The van der Waals surface area contributed by atoms with E-state index in [1.54, 1.807) is 18.2 Å². The summed E-state index contributed by atoms with van der Waals surface area (Å²) in [5, 5.41) is 2.50. The average molecular weight is 661 g/mol. The van der Waals surface area contributed by atoms with E-state index in [9.17, 15) is 26.4 Å². The van der Waals surface area contributed by atoms with Crippen molar-refractivity contribution in [3.05, 3.63) is 53.6 Å². The Morgan fingerprint density at radius 3 is 2.38 bits per heavy atom. The van der Waals surface area contributed by atoms with Crippen LogP contribution in [0.5, 0.6) is 0 Å². The lowest BCUT2D eigenvalue weighted by Crippen LogP contribution is -2.55. The molecule has 2 amide bonds. The van der Waals surface area contributed by atoms with E-state index in [1.165, 1.54) is 10.4 Å². The van der Waals surface area contributed by atoms with Gasteiger partial charge in [-0.05, 0) is 48.2 Å². The summed E-state index contributed by atoms with van der Waals surface area (Å²) in [6.45, 7) is 5.82. The zero-order valence-electron chi connectivity index (χ0n) is 25.3. The second kappa shape index (κ2) is 14.2. The van der Waals surface area contributed by atoms with Crippen LogP contribution in [-0.4, -0.2) is 92.8 Å². The van der Waals surface area contributed by atoms with E-state index in [-0.39, 0.29) is 42.8 Å².